The summed E-state index contributed by atoms with van der Waals surface area (Å²) >= 11 is 0. The lowest BCUT2D eigenvalue weighted by Crippen LogP contribution is -2.30. The second-order valence-corrected chi connectivity index (χ2v) is 5.18. The Kier molecular flexibility index (Phi) is 5.42. The second-order valence-electron chi connectivity index (χ2n) is 5.18. The van der Waals surface area contributed by atoms with Crippen molar-refractivity contribution < 1.29 is 23.5 Å². The molecule has 1 atom stereocenters. The number of amides is 1. The van der Waals surface area contributed by atoms with Crippen LogP contribution in [0.2, 0.25) is 0 Å². The molecule has 0 heterocycles. The molecule has 2 rings (SSSR count). The fraction of sp³-hybridized carbons (Fsp3) is 0.167. The molecule has 0 bridgehead atoms. The highest BCUT2D eigenvalue weighted by molar-refractivity contribution is 5.98. The van der Waals surface area contributed by atoms with Crippen LogP contribution in [0.3, 0.4) is 0 Å². The van der Waals surface area contributed by atoms with Gasteiger partial charge in [0.25, 0.3) is 5.91 Å². The number of rotatable bonds is 5. The van der Waals surface area contributed by atoms with E-state index >= 15 is 0 Å². The zero-order valence-corrected chi connectivity index (χ0v) is 13.2. The molecule has 0 aliphatic rings. The van der Waals surface area contributed by atoms with Crippen LogP contribution >= 0.6 is 0 Å². The molecule has 0 spiro atoms. The van der Waals surface area contributed by atoms with Crippen molar-refractivity contribution in [3.8, 4) is 0 Å². The van der Waals surface area contributed by atoms with E-state index in [2.05, 4.69) is 5.32 Å². The van der Waals surface area contributed by atoms with Gasteiger partial charge in [0.1, 0.15) is 5.82 Å². The Morgan fingerprint density at radius 2 is 1.50 bits per heavy atom. The van der Waals surface area contributed by atoms with Gasteiger partial charge in [-0.25, -0.2) is 9.18 Å². The smallest absolute Gasteiger partial charge is 0.338 e. The first-order valence-corrected chi connectivity index (χ1v) is 7.25. The number of carbonyl (C=O) groups is 3. The first-order valence-electron chi connectivity index (χ1n) is 7.25. The van der Waals surface area contributed by atoms with E-state index in [4.69, 9.17) is 4.74 Å². The van der Waals surface area contributed by atoms with Crippen LogP contribution in [-0.2, 0) is 9.53 Å². The summed E-state index contributed by atoms with van der Waals surface area (Å²) in [4.78, 5) is 35.1. The maximum absolute atomic E-state index is 12.8. The van der Waals surface area contributed by atoms with Gasteiger partial charge >= 0.3 is 5.97 Å². The molecule has 1 amide bonds. The third-order valence-electron chi connectivity index (χ3n) is 3.29. The van der Waals surface area contributed by atoms with Gasteiger partial charge in [0, 0.05) is 11.3 Å². The highest BCUT2D eigenvalue weighted by Gasteiger charge is 2.19. The Balaban J connectivity index is 1.95. The number of nitrogens with one attached hydrogen (secondary N) is 1. The second kappa shape index (κ2) is 7.50. The molecule has 0 aliphatic heterocycles. The molecular weight excluding hydrogens is 313 g/mol. The van der Waals surface area contributed by atoms with Crippen molar-refractivity contribution in [3.05, 3.63) is 65.5 Å². The topological polar surface area (TPSA) is 72.5 Å². The molecule has 5 nitrogen and oxygen atoms in total. The molecule has 0 fully saturated rings. The number of ketones is 1. The van der Waals surface area contributed by atoms with Crippen LogP contribution in [0.25, 0.3) is 0 Å². The number of hydrogen-bond donors (Lipinski definition) is 1. The monoisotopic (exact) mass is 329 g/mol. The number of benzene rings is 2. The van der Waals surface area contributed by atoms with E-state index in [9.17, 15) is 18.8 Å². The van der Waals surface area contributed by atoms with E-state index in [0.29, 0.717) is 11.3 Å². The third kappa shape index (κ3) is 4.49. The Labute approximate surface area is 138 Å². The van der Waals surface area contributed by atoms with Gasteiger partial charge in [-0.05, 0) is 62.4 Å². The van der Waals surface area contributed by atoms with Crippen molar-refractivity contribution in [1.82, 2.24) is 0 Å². The number of ether oxygens (including phenoxy) is 1. The van der Waals surface area contributed by atoms with E-state index in [-0.39, 0.29) is 11.3 Å². The van der Waals surface area contributed by atoms with Crippen LogP contribution in [0.4, 0.5) is 10.1 Å². The minimum Gasteiger partial charge on any atom is -0.449 e. The number of anilines is 1. The lowest BCUT2D eigenvalue weighted by Gasteiger charge is -2.13. The van der Waals surface area contributed by atoms with Crippen molar-refractivity contribution in [2.75, 3.05) is 5.32 Å². The molecule has 0 unspecified atom stereocenters. The molecule has 2 aromatic rings. The Hall–Kier alpha value is -3.02. The average Bonchev–Trinajstić information content (AvgIpc) is 2.55. The zero-order chi connectivity index (χ0) is 17.7. The van der Waals surface area contributed by atoms with Gasteiger partial charge in [0.05, 0.1) is 5.56 Å². The predicted octanol–water partition coefficient (Wildman–Crippen LogP) is 3.21. The first kappa shape index (κ1) is 17.3. The predicted molar refractivity (Wildman–Crippen MR) is 86.4 cm³/mol. The number of esters is 1. The Bertz CT molecular complexity index is 754. The number of carbonyl (C=O) groups excluding carboxylic acids is 3. The van der Waals surface area contributed by atoms with Gasteiger partial charge in [-0.2, -0.15) is 0 Å². The first-order chi connectivity index (χ1) is 11.4. The largest absolute Gasteiger partial charge is 0.449 e. The molecule has 0 saturated carbocycles. The van der Waals surface area contributed by atoms with Crippen LogP contribution in [0.5, 0.6) is 0 Å². The van der Waals surface area contributed by atoms with Crippen LogP contribution in [0, 0.1) is 5.82 Å². The van der Waals surface area contributed by atoms with Crippen molar-refractivity contribution in [1.29, 1.82) is 0 Å². The fourth-order valence-electron chi connectivity index (χ4n) is 1.90. The molecule has 0 aliphatic carbocycles. The quantitative estimate of drug-likeness (QED) is 0.675. The molecule has 124 valence electrons. The molecular formula is C18H16FNO4. The highest BCUT2D eigenvalue weighted by atomic mass is 19.1. The van der Waals surface area contributed by atoms with Gasteiger partial charge in [-0.3, -0.25) is 9.59 Å². The summed E-state index contributed by atoms with van der Waals surface area (Å²) in [6.45, 7) is 2.88. The Morgan fingerprint density at radius 1 is 0.958 bits per heavy atom. The molecule has 6 heteroatoms. The summed E-state index contributed by atoms with van der Waals surface area (Å²) in [5.41, 5.74) is 1.17. The van der Waals surface area contributed by atoms with E-state index < -0.39 is 23.8 Å². The third-order valence-corrected chi connectivity index (χ3v) is 3.29. The van der Waals surface area contributed by atoms with Gasteiger partial charge < -0.3 is 10.1 Å². The van der Waals surface area contributed by atoms with Crippen molar-refractivity contribution in [2.24, 2.45) is 0 Å². The van der Waals surface area contributed by atoms with Gasteiger partial charge in [-0.1, -0.05) is 0 Å². The molecule has 0 aromatic heterocycles. The van der Waals surface area contributed by atoms with E-state index in [1.165, 1.54) is 26.0 Å². The SMILES string of the molecule is CC(=O)c1ccc(NC(=O)[C@@H](C)OC(=O)c2ccc(F)cc2)cc1. The van der Waals surface area contributed by atoms with E-state index in [0.717, 1.165) is 12.1 Å². The summed E-state index contributed by atoms with van der Waals surface area (Å²) in [6, 6.07) is 11.2. The van der Waals surface area contributed by atoms with E-state index in [1.54, 1.807) is 24.3 Å². The van der Waals surface area contributed by atoms with Crippen LogP contribution in [0.1, 0.15) is 34.6 Å². The average molecular weight is 329 g/mol. The summed E-state index contributed by atoms with van der Waals surface area (Å²) < 4.78 is 17.9. The minimum absolute atomic E-state index is 0.0746. The lowest BCUT2D eigenvalue weighted by molar-refractivity contribution is -0.123. The number of hydrogen-bond acceptors (Lipinski definition) is 4. The molecule has 0 saturated heterocycles. The number of halogens is 1. The standard InChI is InChI=1S/C18H16FNO4/c1-11(21)13-5-9-16(10-6-13)20-17(22)12(2)24-18(23)14-3-7-15(19)8-4-14/h3-10,12H,1-2H3,(H,20,22)/t12-/m1/s1. The minimum atomic E-state index is -1.03. The summed E-state index contributed by atoms with van der Waals surface area (Å²) in [6.07, 6.45) is -1.03. The lowest BCUT2D eigenvalue weighted by atomic mass is 10.1. The van der Waals surface area contributed by atoms with Crippen molar-refractivity contribution >= 4 is 23.3 Å². The van der Waals surface area contributed by atoms with Crippen LogP contribution in [0.15, 0.2) is 48.5 Å². The van der Waals surface area contributed by atoms with Crippen LogP contribution < -0.4 is 5.32 Å². The van der Waals surface area contributed by atoms with Gasteiger partial charge in [0.2, 0.25) is 0 Å². The van der Waals surface area contributed by atoms with Crippen molar-refractivity contribution in [3.63, 3.8) is 0 Å². The number of Topliss-reactive ketones (excluding diaryl/α,β-unsaturated/α-hetero) is 1. The Morgan fingerprint density at radius 3 is 2.04 bits per heavy atom. The maximum atomic E-state index is 12.8. The molecule has 1 N–H and O–H groups in total. The normalized spacial score (nSPS) is 11.5. The highest BCUT2D eigenvalue weighted by Crippen LogP contribution is 2.12. The molecule has 2 aromatic carbocycles. The molecule has 24 heavy (non-hydrogen) atoms. The van der Waals surface area contributed by atoms with Gasteiger partial charge in [0.15, 0.2) is 11.9 Å². The van der Waals surface area contributed by atoms with E-state index in [1.807, 2.05) is 0 Å². The zero-order valence-electron chi connectivity index (χ0n) is 13.2. The van der Waals surface area contributed by atoms with Crippen LogP contribution in [-0.4, -0.2) is 23.8 Å². The summed E-state index contributed by atoms with van der Waals surface area (Å²) in [7, 11) is 0. The maximum Gasteiger partial charge on any atom is 0.338 e. The summed E-state index contributed by atoms with van der Waals surface area (Å²) in [5, 5.41) is 2.59. The fourth-order valence-corrected chi connectivity index (χ4v) is 1.90. The molecule has 0 radical (unpaired) electrons. The van der Waals surface area contributed by atoms with Gasteiger partial charge in [-0.15, -0.1) is 0 Å². The van der Waals surface area contributed by atoms with Crippen molar-refractivity contribution in [2.45, 2.75) is 20.0 Å². The summed E-state index contributed by atoms with van der Waals surface area (Å²) in [5.74, 6) is -1.77.